The molecule has 1 amide bonds. The van der Waals surface area contributed by atoms with Crippen LogP contribution in [0.25, 0.3) is 0 Å². The van der Waals surface area contributed by atoms with Gasteiger partial charge in [0.15, 0.2) is 0 Å². The predicted octanol–water partition coefficient (Wildman–Crippen LogP) is 5.40. The maximum absolute atomic E-state index is 12.9. The molecule has 3 aromatic rings. The highest BCUT2D eigenvalue weighted by Crippen LogP contribution is 2.29. The molecule has 0 fully saturated rings. The summed E-state index contributed by atoms with van der Waals surface area (Å²) in [6.45, 7) is 0. The fourth-order valence-electron chi connectivity index (χ4n) is 2.55. The van der Waals surface area contributed by atoms with Gasteiger partial charge >= 0.3 is 6.18 Å². The first kappa shape index (κ1) is 20.7. The number of halogens is 4. The van der Waals surface area contributed by atoms with Gasteiger partial charge in [-0.25, -0.2) is 4.39 Å². The lowest BCUT2D eigenvalue weighted by atomic mass is 10.1. The van der Waals surface area contributed by atoms with Crippen molar-refractivity contribution in [3.8, 4) is 0 Å². The van der Waals surface area contributed by atoms with Gasteiger partial charge in [-0.05, 0) is 60.2 Å². The number of amides is 1. The molecule has 0 aliphatic carbocycles. The minimum absolute atomic E-state index is 0.110. The van der Waals surface area contributed by atoms with E-state index >= 15 is 0 Å². The number of alkyl halides is 3. The summed E-state index contributed by atoms with van der Waals surface area (Å²) in [7, 11) is -1.36. The number of hydrogen-bond acceptors (Lipinski definition) is 2. The highest BCUT2D eigenvalue weighted by molar-refractivity contribution is 7.84. The lowest BCUT2D eigenvalue weighted by Crippen LogP contribution is -2.14. The van der Waals surface area contributed by atoms with E-state index in [1.54, 1.807) is 24.3 Å². The predicted molar refractivity (Wildman–Crippen MR) is 102 cm³/mol. The number of anilines is 1. The molecule has 1 unspecified atom stereocenters. The van der Waals surface area contributed by atoms with Crippen LogP contribution < -0.4 is 5.32 Å². The van der Waals surface area contributed by atoms with Crippen molar-refractivity contribution in [3.63, 3.8) is 0 Å². The molecular weight excluding hydrogens is 406 g/mol. The minimum atomic E-state index is -4.53. The Hall–Kier alpha value is -3.00. The Kier molecular flexibility index (Phi) is 6.12. The average Bonchev–Trinajstić information content (AvgIpc) is 2.69. The molecule has 0 saturated heterocycles. The zero-order chi connectivity index (χ0) is 21.0. The topological polar surface area (TPSA) is 46.2 Å². The van der Waals surface area contributed by atoms with Gasteiger partial charge in [0.25, 0.3) is 5.91 Å². The van der Waals surface area contributed by atoms with Crippen LogP contribution >= 0.6 is 0 Å². The fraction of sp³-hybridized carbons (Fsp3) is 0.0952. The zero-order valence-corrected chi connectivity index (χ0v) is 15.7. The van der Waals surface area contributed by atoms with Gasteiger partial charge < -0.3 is 5.32 Å². The summed E-state index contributed by atoms with van der Waals surface area (Å²) >= 11 is 0. The van der Waals surface area contributed by atoms with E-state index in [-0.39, 0.29) is 11.3 Å². The van der Waals surface area contributed by atoms with Crippen molar-refractivity contribution in [2.75, 3.05) is 5.32 Å². The summed E-state index contributed by atoms with van der Waals surface area (Å²) in [5.74, 6) is -0.877. The molecule has 0 spiro atoms. The molecular formula is C21H15F4NO2S. The molecule has 0 heterocycles. The Balaban J connectivity index is 1.65. The SMILES string of the molecule is O=C(Nc1ccc(CS(=O)c2ccc(F)cc2)cc1)c1cccc(C(F)(F)F)c1. The van der Waals surface area contributed by atoms with Gasteiger partial charge in [-0.2, -0.15) is 13.2 Å². The van der Waals surface area contributed by atoms with E-state index in [2.05, 4.69) is 5.32 Å². The standard InChI is InChI=1S/C21H15F4NO2S/c22-17-6-10-19(11-7-17)29(28)13-14-4-8-18(9-5-14)26-20(27)15-2-1-3-16(12-15)21(23,24)25/h1-12H,13H2,(H,26,27). The number of benzene rings is 3. The molecule has 8 heteroatoms. The third-order valence-electron chi connectivity index (χ3n) is 4.04. The Morgan fingerprint density at radius 1 is 0.931 bits per heavy atom. The first-order valence-corrected chi connectivity index (χ1v) is 9.76. The second-order valence-electron chi connectivity index (χ2n) is 6.17. The highest BCUT2D eigenvalue weighted by atomic mass is 32.2. The van der Waals surface area contributed by atoms with Crippen LogP contribution in [-0.4, -0.2) is 10.1 Å². The second kappa shape index (κ2) is 8.57. The van der Waals surface area contributed by atoms with E-state index in [9.17, 15) is 26.6 Å². The molecule has 3 nitrogen and oxygen atoms in total. The number of carbonyl (C=O) groups is 1. The summed E-state index contributed by atoms with van der Waals surface area (Å²) in [5, 5.41) is 2.53. The Bertz CT molecular complexity index is 1030. The van der Waals surface area contributed by atoms with E-state index in [0.717, 1.165) is 17.7 Å². The monoisotopic (exact) mass is 421 g/mol. The van der Waals surface area contributed by atoms with Crippen molar-refractivity contribution in [3.05, 3.63) is 95.3 Å². The Morgan fingerprint density at radius 2 is 1.59 bits per heavy atom. The summed E-state index contributed by atoms with van der Waals surface area (Å²) in [6.07, 6.45) is -4.53. The van der Waals surface area contributed by atoms with Crippen molar-refractivity contribution in [1.29, 1.82) is 0 Å². The van der Waals surface area contributed by atoms with Gasteiger partial charge in [-0.3, -0.25) is 9.00 Å². The maximum atomic E-state index is 12.9. The summed E-state index contributed by atoms with van der Waals surface area (Å²) in [6, 6.07) is 16.0. The van der Waals surface area contributed by atoms with Crippen molar-refractivity contribution >= 4 is 22.4 Å². The number of rotatable bonds is 5. The lowest BCUT2D eigenvalue weighted by Gasteiger charge is -2.10. The molecule has 1 N–H and O–H groups in total. The van der Waals surface area contributed by atoms with E-state index in [0.29, 0.717) is 10.6 Å². The van der Waals surface area contributed by atoms with Crippen LogP contribution in [-0.2, 0) is 22.7 Å². The molecule has 0 bridgehead atoms. The van der Waals surface area contributed by atoms with Gasteiger partial charge in [0, 0.05) is 16.1 Å². The molecule has 3 rings (SSSR count). The Morgan fingerprint density at radius 3 is 2.21 bits per heavy atom. The molecule has 1 atom stereocenters. The average molecular weight is 421 g/mol. The van der Waals surface area contributed by atoms with Crippen LogP contribution in [0.4, 0.5) is 23.2 Å². The summed E-state index contributed by atoms with van der Waals surface area (Å²) in [5.41, 5.74) is 0.110. The van der Waals surface area contributed by atoms with Gasteiger partial charge in [0.2, 0.25) is 0 Å². The van der Waals surface area contributed by atoms with Crippen LogP contribution in [0.1, 0.15) is 21.5 Å². The van der Waals surface area contributed by atoms with Crippen LogP contribution in [0.5, 0.6) is 0 Å². The second-order valence-corrected chi connectivity index (χ2v) is 7.62. The van der Waals surface area contributed by atoms with Gasteiger partial charge in [0.1, 0.15) is 5.82 Å². The molecule has 0 aromatic heterocycles. The fourth-order valence-corrected chi connectivity index (χ4v) is 3.65. The molecule has 150 valence electrons. The highest BCUT2D eigenvalue weighted by Gasteiger charge is 2.30. The Labute approximate surface area is 166 Å². The van der Waals surface area contributed by atoms with Crippen LogP contribution in [0.2, 0.25) is 0 Å². The number of hydrogen-bond donors (Lipinski definition) is 1. The normalized spacial score (nSPS) is 12.4. The van der Waals surface area contributed by atoms with Crippen LogP contribution in [0.15, 0.2) is 77.7 Å². The first-order valence-electron chi connectivity index (χ1n) is 8.44. The lowest BCUT2D eigenvalue weighted by molar-refractivity contribution is -0.137. The van der Waals surface area contributed by atoms with Crippen molar-refractivity contribution in [2.45, 2.75) is 16.8 Å². The molecule has 3 aromatic carbocycles. The van der Waals surface area contributed by atoms with Gasteiger partial charge in [0.05, 0.1) is 22.1 Å². The number of nitrogens with one attached hydrogen (secondary N) is 1. The zero-order valence-electron chi connectivity index (χ0n) is 14.9. The third kappa shape index (κ3) is 5.51. The maximum Gasteiger partial charge on any atom is 0.416 e. The van der Waals surface area contributed by atoms with Gasteiger partial charge in [-0.1, -0.05) is 18.2 Å². The van der Waals surface area contributed by atoms with Crippen molar-refractivity contribution < 1.29 is 26.6 Å². The molecule has 0 aliphatic heterocycles. The smallest absolute Gasteiger partial charge is 0.322 e. The van der Waals surface area contributed by atoms with E-state index in [1.165, 1.54) is 36.4 Å². The summed E-state index contributed by atoms with van der Waals surface area (Å²) < 4.78 is 63.6. The molecule has 0 saturated carbocycles. The van der Waals surface area contributed by atoms with E-state index in [4.69, 9.17) is 0 Å². The first-order chi connectivity index (χ1) is 13.7. The number of carbonyl (C=O) groups excluding carboxylic acids is 1. The summed E-state index contributed by atoms with van der Waals surface area (Å²) in [4.78, 5) is 12.7. The van der Waals surface area contributed by atoms with E-state index in [1.807, 2.05) is 0 Å². The van der Waals surface area contributed by atoms with E-state index < -0.39 is 34.3 Å². The van der Waals surface area contributed by atoms with Crippen LogP contribution in [0, 0.1) is 5.82 Å². The largest absolute Gasteiger partial charge is 0.416 e. The van der Waals surface area contributed by atoms with Gasteiger partial charge in [-0.15, -0.1) is 0 Å². The molecule has 0 radical (unpaired) electrons. The van der Waals surface area contributed by atoms with Crippen molar-refractivity contribution in [1.82, 2.24) is 0 Å². The van der Waals surface area contributed by atoms with Crippen LogP contribution in [0.3, 0.4) is 0 Å². The third-order valence-corrected chi connectivity index (χ3v) is 5.43. The molecule has 0 aliphatic rings. The minimum Gasteiger partial charge on any atom is -0.322 e. The quantitative estimate of drug-likeness (QED) is 0.561. The van der Waals surface area contributed by atoms with Crippen molar-refractivity contribution in [2.24, 2.45) is 0 Å². The molecule has 29 heavy (non-hydrogen) atoms.